The van der Waals surface area contributed by atoms with Crippen LogP contribution in [0.2, 0.25) is 0 Å². The van der Waals surface area contributed by atoms with E-state index in [1.807, 2.05) is 13.8 Å². The fourth-order valence-corrected chi connectivity index (χ4v) is 5.15. The number of hydrogen-bond acceptors (Lipinski definition) is 7. The molecule has 0 bridgehead atoms. The molecule has 1 N–H and O–H groups in total. The predicted molar refractivity (Wildman–Crippen MR) is 124 cm³/mol. The van der Waals surface area contributed by atoms with Crippen LogP contribution in [0, 0.1) is 5.92 Å². The van der Waals surface area contributed by atoms with Crippen LogP contribution in [0.1, 0.15) is 32.8 Å². The van der Waals surface area contributed by atoms with Crippen molar-refractivity contribution >= 4 is 33.7 Å². The number of sulfone groups is 1. The molecule has 0 saturated carbocycles. The summed E-state index contributed by atoms with van der Waals surface area (Å²) in [6, 6.07) is 5.71. The molecule has 1 aliphatic rings. The summed E-state index contributed by atoms with van der Waals surface area (Å²) in [6.07, 6.45) is 3.26. The fourth-order valence-electron chi connectivity index (χ4n) is 3.42. The third-order valence-electron chi connectivity index (χ3n) is 5.12. The lowest BCUT2D eigenvalue weighted by Crippen LogP contribution is -2.46. The number of carbonyl (C=O) groups is 3. The van der Waals surface area contributed by atoms with Crippen LogP contribution >= 0.6 is 0 Å². The predicted octanol–water partition coefficient (Wildman–Crippen LogP) is 1.43. The van der Waals surface area contributed by atoms with Crippen molar-refractivity contribution in [3.8, 4) is 5.75 Å². The van der Waals surface area contributed by atoms with Gasteiger partial charge in [-0.1, -0.05) is 26.0 Å². The molecule has 2 amide bonds. The zero-order valence-corrected chi connectivity index (χ0v) is 20.3. The molecule has 1 aromatic rings. The minimum atomic E-state index is -3.16. The van der Waals surface area contributed by atoms with Crippen LogP contribution < -0.4 is 10.1 Å². The fraction of sp³-hybridized carbons (Fsp3) is 0.522. The van der Waals surface area contributed by atoms with E-state index in [-0.39, 0.29) is 17.4 Å². The van der Waals surface area contributed by atoms with Gasteiger partial charge >= 0.3 is 5.97 Å². The van der Waals surface area contributed by atoms with Gasteiger partial charge < -0.3 is 19.7 Å². The van der Waals surface area contributed by atoms with Gasteiger partial charge in [0.05, 0.1) is 18.6 Å². The van der Waals surface area contributed by atoms with Gasteiger partial charge in [0.15, 0.2) is 16.4 Å². The van der Waals surface area contributed by atoms with Crippen molar-refractivity contribution in [2.75, 3.05) is 31.8 Å². The number of methoxy groups -OCH3 is 1. The third-order valence-corrected chi connectivity index (χ3v) is 6.87. The molecule has 1 heterocycles. The Kier molecular flexibility index (Phi) is 9.45. The van der Waals surface area contributed by atoms with E-state index in [2.05, 4.69) is 5.32 Å². The number of carbonyl (C=O) groups excluding carboxylic acids is 3. The average Bonchev–Trinajstić information content (AvgIpc) is 3.13. The smallest absolute Gasteiger partial charge is 0.328 e. The van der Waals surface area contributed by atoms with E-state index in [9.17, 15) is 22.8 Å². The largest absolute Gasteiger partial charge is 0.497 e. The Morgan fingerprint density at radius 2 is 1.85 bits per heavy atom. The molecular formula is C23H32N2O7S. The number of benzene rings is 1. The normalized spacial score (nSPS) is 18.2. The zero-order chi connectivity index (χ0) is 24.6. The van der Waals surface area contributed by atoms with Crippen LogP contribution in [-0.2, 0) is 29.0 Å². The number of hydrogen-bond donors (Lipinski definition) is 1. The molecule has 0 spiro atoms. The van der Waals surface area contributed by atoms with Crippen LogP contribution in [0.15, 0.2) is 30.3 Å². The topological polar surface area (TPSA) is 119 Å². The number of nitrogens with zero attached hydrogens (tertiary/aromatic N) is 1. The maximum Gasteiger partial charge on any atom is 0.328 e. The van der Waals surface area contributed by atoms with Crippen molar-refractivity contribution in [3.63, 3.8) is 0 Å². The van der Waals surface area contributed by atoms with E-state index in [0.29, 0.717) is 18.7 Å². The molecule has 10 heteroatoms. The van der Waals surface area contributed by atoms with Crippen LogP contribution in [0.4, 0.5) is 0 Å². The lowest BCUT2D eigenvalue weighted by atomic mass is 10.1. The van der Waals surface area contributed by atoms with Crippen molar-refractivity contribution in [3.05, 3.63) is 35.9 Å². The van der Waals surface area contributed by atoms with Crippen molar-refractivity contribution in [2.45, 2.75) is 39.3 Å². The number of rotatable bonds is 10. The third kappa shape index (κ3) is 8.53. The molecule has 182 valence electrons. The first-order valence-corrected chi connectivity index (χ1v) is 12.6. The molecule has 0 aliphatic carbocycles. The summed E-state index contributed by atoms with van der Waals surface area (Å²) in [6.45, 7) is 5.17. The highest BCUT2D eigenvalue weighted by molar-refractivity contribution is 7.91. The van der Waals surface area contributed by atoms with Gasteiger partial charge in [0.1, 0.15) is 11.8 Å². The maximum absolute atomic E-state index is 12.7. The molecule has 1 saturated heterocycles. The van der Waals surface area contributed by atoms with Crippen LogP contribution in [0.25, 0.3) is 6.08 Å². The average molecular weight is 481 g/mol. The van der Waals surface area contributed by atoms with Gasteiger partial charge in [-0.2, -0.15) is 0 Å². The summed E-state index contributed by atoms with van der Waals surface area (Å²) in [5.41, 5.74) is 0.783. The maximum atomic E-state index is 12.7. The van der Waals surface area contributed by atoms with Gasteiger partial charge in [0.25, 0.3) is 5.91 Å². The molecule has 9 nitrogen and oxygen atoms in total. The molecular weight excluding hydrogens is 448 g/mol. The molecule has 0 radical (unpaired) electrons. The first-order chi connectivity index (χ1) is 15.5. The Labute approximate surface area is 195 Å². The van der Waals surface area contributed by atoms with Crippen molar-refractivity contribution < 1.29 is 32.3 Å². The van der Waals surface area contributed by atoms with Crippen molar-refractivity contribution in [1.29, 1.82) is 0 Å². The number of amides is 2. The van der Waals surface area contributed by atoms with Crippen LogP contribution in [-0.4, -0.2) is 75.0 Å². The minimum Gasteiger partial charge on any atom is -0.497 e. The van der Waals surface area contributed by atoms with Gasteiger partial charge in [-0.3, -0.25) is 9.59 Å². The molecule has 1 aromatic carbocycles. The molecule has 1 fully saturated rings. The second-order valence-corrected chi connectivity index (χ2v) is 10.7. The standard InChI is InChI=1S/C23H32N2O7S/c1-16(2)13-25(19-11-12-33(29,30)15-19)22(27)14-32-23(28)17(3)24-21(26)10-7-18-5-8-20(31-4)9-6-18/h5-10,16-17,19H,11-15H2,1-4H3,(H,24,26)/b10-7+. The summed E-state index contributed by atoms with van der Waals surface area (Å²) in [7, 11) is -1.60. The summed E-state index contributed by atoms with van der Waals surface area (Å²) in [4.78, 5) is 38.5. The second-order valence-electron chi connectivity index (χ2n) is 8.44. The van der Waals surface area contributed by atoms with Gasteiger partial charge in [0.2, 0.25) is 5.91 Å². The van der Waals surface area contributed by atoms with Gasteiger partial charge in [0, 0.05) is 18.7 Å². The van der Waals surface area contributed by atoms with Crippen molar-refractivity contribution in [1.82, 2.24) is 10.2 Å². The van der Waals surface area contributed by atoms with Crippen molar-refractivity contribution in [2.24, 2.45) is 5.92 Å². The highest BCUT2D eigenvalue weighted by atomic mass is 32.2. The second kappa shape index (κ2) is 11.8. The molecule has 2 rings (SSSR count). The molecule has 0 aromatic heterocycles. The molecule has 33 heavy (non-hydrogen) atoms. The van der Waals surface area contributed by atoms with E-state index in [1.54, 1.807) is 37.5 Å². The van der Waals surface area contributed by atoms with Gasteiger partial charge in [-0.15, -0.1) is 0 Å². The first-order valence-electron chi connectivity index (χ1n) is 10.8. The van der Waals surface area contributed by atoms with E-state index in [0.717, 1.165) is 5.56 Å². The van der Waals surface area contributed by atoms with E-state index < -0.39 is 46.3 Å². The van der Waals surface area contributed by atoms with E-state index in [1.165, 1.54) is 17.9 Å². The zero-order valence-electron chi connectivity index (χ0n) is 19.4. The summed E-state index contributed by atoms with van der Waals surface area (Å²) in [5, 5.41) is 2.49. The molecule has 2 atom stereocenters. The molecule has 2 unspecified atom stereocenters. The number of nitrogens with one attached hydrogen (secondary N) is 1. The Bertz CT molecular complexity index is 971. The lowest BCUT2D eigenvalue weighted by molar-refractivity contribution is -0.154. The monoisotopic (exact) mass is 480 g/mol. The quantitative estimate of drug-likeness (QED) is 0.397. The highest BCUT2D eigenvalue weighted by Gasteiger charge is 2.35. The Hall–Kier alpha value is -2.88. The summed E-state index contributed by atoms with van der Waals surface area (Å²) < 4.78 is 33.8. The Balaban J connectivity index is 1.86. The minimum absolute atomic E-state index is 0.0481. The lowest BCUT2D eigenvalue weighted by Gasteiger charge is -2.29. The first kappa shape index (κ1) is 26.4. The number of ether oxygens (including phenoxy) is 2. The van der Waals surface area contributed by atoms with Gasteiger partial charge in [-0.05, 0) is 43.0 Å². The SMILES string of the molecule is COc1ccc(/C=C/C(=O)NC(C)C(=O)OCC(=O)N(CC(C)C)C2CCS(=O)(=O)C2)cc1. The van der Waals surface area contributed by atoms with Gasteiger partial charge in [-0.25, -0.2) is 13.2 Å². The highest BCUT2D eigenvalue weighted by Crippen LogP contribution is 2.19. The molecule has 1 aliphatic heterocycles. The van der Waals surface area contributed by atoms with Crippen LogP contribution in [0.3, 0.4) is 0 Å². The van der Waals surface area contributed by atoms with E-state index >= 15 is 0 Å². The number of esters is 1. The Morgan fingerprint density at radius 3 is 2.39 bits per heavy atom. The Morgan fingerprint density at radius 1 is 1.18 bits per heavy atom. The summed E-state index contributed by atoms with van der Waals surface area (Å²) in [5.74, 6) is -0.888. The van der Waals surface area contributed by atoms with E-state index in [4.69, 9.17) is 9.47 Å². The van der Waals surface area contributed by atoms with Crippen LogP contribution in [0.5, 0.6) is 5.75 Å². The summed E-state index contributed by atoms with van der Waals surface area (Å²) >= 11 is 0.